The van der Waals surface area contributed by atoms with E-state index in [4.69, 9.17) is 0 Å². The summed E-state index contributed by atoms with van der Waals surface area (Å²) >= 11 is 1.18. The van der Waals surface area contributed by atoms with Crippen molar-refractivity contribution in [3.63, 3.8) is 0 Å². The summed E-state index contributed by atoms with van der Waals surface area (Å²) in [6.07, 6.45) is 1.59. The summed E-state index contributed by atoms with van der Waals surface area (Å²) in [6.45, 7) is 5.56. The molecule has 0 aliphatic rings. The van der Waals surface area contributed by atoms with E-state index in [1.165, 1.54) is 30.0 Å². The highest BCUT2D eigenvalue weighted by Crippen LogP contribution is 2.26. The predicted octanol–water partition coefficient (Wildman–Crippen LogP) is 3.63. The average Bonchev–Trinajstić information content (AvgIpc) is 2.63. The Morgan fingerprint density at radius 2 is 1.89 bits per heavy atom. The molecule has 1 heterocycles. The maximum atomic E-state index is 12.7. The lowest BCUT2D eigenvalue weighted by Crippen LogP contribution is -2.31. The molecule has 2 N–H and O–H groups in total. The Hall–Kier alpha value is -2.94. The summed E-state index contributed by atoms with van der Waals surface area (Å²) in [4.78, 5) is 39.6. The molecule has 9 heteroatoms. The van der Waals surface area contributed by atoms with Crippen molar-refractivity contribution in [1.29, 1.82) is 0 Å². The van der Waals surface area contributed by atoms with Gasteiger partial charge in [0.25, 0.3) is 5.69 Å². The van der Waals surface area contributed by atoms with Gasteiger partial charge >= 0.3 is 0 Å². The molecule has 0 saturated carbocycles. The van der Waals surface area contributed by atoms with Crippen LogP contribution in [0, 0.1) is 23.0 Å². The Morgan fingerprint density at radius 1 is 1.18 bits per heavy atom. The molecule has 1 unspecified atom stereocenters. The molecule has 1 atom stereocenters. The predicted molar refractivity (Wildman–Crippen MR) is 110 cm³/mol. The van der Waals surface area contributed by atoms with E-state index < -0.39 is 10.2 Å². The van der Waals surface area contributed by atoms with Crippen LogP contribution in [0.25, 0.3) is 0 Å². The second-order valence-corrected chi connectivity index (χ2v) is 7.59. The number of para-hydroxylation sites is 2. The molecular formula is C19H22N4O4S. The highest BCUT2D eigenvalue weighted by Gasteiger charge is 2.26. The van der Waals surface area contributed by atoms with Gasteiger partial charge < -0.3 is 10.6 Å². The van der Waals surface area contributed by atoms with Gasteiger partial charge in [-0.25, -0.2) is 4.98 Å². The van der Waals surface area contributed by atoms with Gasteiger partial charge in [0, 0.05) is 12.3 Å². The number of hydrogen-bond donors (Lipinski definition) is 2. The molecule has 0 aliphatic heterocycles. The maximum Gasteiger partial charge on any atom is 0.292 e. The number of nitrogens with zero attached hydrogens (tertiary/aromatic N) is 2. The fraction of sp³-hybridized carbons (Fsp3) is 0.316. The van der Waals surface area contributed by atoms with Crippen molar-refractivity contribution in [1.82, 2.24) is 4.98 Å². The number of aromatic nitrogens is 1. The van der Waals surface area contributed by atoms with Crippen LogP contribution in [0.2, 0.25) is 0 Å². The number of amides is 2. The quantitative estimate of drug-likeness (QED) is 0.515. The zero-order valence-corrected chi connectivity index (χ0v) is 16.7. The average molecular weight is 402 g/mol. The highest BCUT2D eigenvalue weighted by atomic mass is 32.2. The maximum absolute atomic E-state index is 12.7. The second-order valence-electron chi connectivity index (χ2n) is 6.46. The largest absolute Gasteiger partial charge is 0.319 e. The number of rotatable bonds is 8. The highest BCUT2D eigenvalue weighted by molar-refractivity contribution is 8.01. The van der Waals surface area contributed by atoms with Crippen molar-refractivity contribution in [3.8, 4) is 0 Å². The van der Waals surface area contributed by atoms with Gasteiger partial charge in [0.2, 0.25) is 11.8 Å². The zero-order valence-electron chi connectivity index (χ0n) is 15.8. The van der Waals surface area contributed by atoms with Gasteiger partial charge in [-0.2, -0.15) is 0 Å². The third kappa shape index (κ3) is 5.78. The lowest BCUT2D eigenvalue weighted by atomic mass is 10.1. The topological polar surface area (TPSA) is 114 Å². The Bertz CT molecular complexity index is 873. The molecule has 8 nitrogen and oxygen atoms in total. The number of anilines is 2. The van der Waals surface area contributed by atoms with E-state index in [0.29, 0.717) is 5.82 Å². The van der Waals surface area contributed by atoms with Crippen LogP contribution in [0.5, 0.6) is 0 Å². The minimum Gasteiger partial charge on any atom is -0.319 e. The smallest absolute Gasteiger partial charge is 0.292 e. The number of carbonyl (C=O) groups is 2. The fourth-order valence-electron chi connectivity index (χ4n) is 2.46. The second kappa shape index (κ2) is 9.84. The van der Waals surface area contributed by atoms with Gasteiger partial charge in [-0.3, -0.25) is 19.7 Å². The first kappa shape index (κ1) is 21.4. The number of carbonyl (C=O) groups excluding carboxylic acids is 2. The van der Waals surface area contributed by atoms with Crippen molar-refractivity contribution in [2.45, 2.75) is 26.0 Å². The molecule has 0 aliphatic carbocycles. The number of hydrogen-bond acceptors (Lipinski definition) is 6. The van der Waals surface area contributed by atoms with E-state index in [9.17, 15) is 19.7 Å². The zero-order chi connectivity index (χ0) is 20.7. The van der Waals surface area contributed by atoms with E-state index in [1.54, 1.807) is 18.3 Å². The lowest BCUT2D eigenvalue weighted by Gasteiger charge is -2.19. The normalized spacial score (nSPS) is 11.7. The van der Waals surface area contributed by atoms with Crippen molar-refractivity contribution in [2.24, 2.45) is 5.92 Å². The molecule has 148 valence electrons. The number of pyridine rings is 1. The van der Waals surface area contributed by atoms with Gasteiger partial charge in [0.05, 0.1) is 15.9 Å². The van der Waals surface area contributed by atoms with Crippen LogP contribution in [0.4, 0.5) is 17.2 Å². The number of aryl methyl sites for hydroxylation is 1. The molecule has 0 spiro atoms. The molecular weight excluding hydrogens is 380 g/mol. The first-order chi connectivity index (χ1) is 13.3. The molecule has 2 aromatic rings. The van der Waals surface area contributed by atoms with Crippen LogP contribution in [-0.4, -0.2) is 32.7 Å². The van der Waals surface area contributed by atoms with Gasteiger partial charge in [-0.1, -0.05) is 32.0 Å². The van der Waals surface area contributed by atoms with E-state index >= 15 is 0 Å². The number of nitro benzene ring substituents is 1. The molecule has 2 amide bonds. The van der Waals surface area contributed by atoms with Crippen molar-refractivity contribution >= 4 is 40.8 Å². The number of nitrogens with one attached hydrogen (secondary N) is 2. The Balaban J connectivity index is 2.01. The van der Waals surface area contributed by atoms with Gasteiger partial charge in [-0.15, -0.1) is 11.8 Å². The minimum absolute atomic E-state index is 0.0587. The van der Waals surface area contributed by atoms with Crippen LogP contribution in [-0.2, 0) is 9.59 Å². The molecule has 0 saturated heterocycles. The SMILES string of the molecule is Cc1cccnc1NC(=O)CSC(C(=O)Nc1ccccc1[N+](=O)[O-])C(C)C. The van der Waals surface area contributed by atoms with E-state index in [1.807, 2.05) is 26.8 Å². The Labute approximate surface area is 167 Å². The van der Waals surface area contributed by atoms with Crippen molar-refractivity contribution in [2.75, 3.05) is 16.4 Å². The summed E-state index contributed by atoms with van der Waals surface area (Å²) < 4.78 is 0. The first-order valence-electron chi connectivity index (χ1n) is 8.67. The van der Waals surface area contributed by atoms with Gasteiger partial charge in [-0.05, 0) is 30.5 Å². The summed E-state index contributed by atoms with van der Waals surface area (Å²) in [5.41, 5.74) is 0.805. The molecule has 1 aromatic heterocycles. The fourth-order valence-corrected chi connectivity index (χ4v) is 3.46. The van der Waals surface area contributed by atoms with Crippen molar-refractivity contribution in [3.05, 3.63) is 58.3 Å². The number of nitro groups is 1. The minimum atomic E-state index is -0.546. The lowest BCUT2D eigenvalue weighted by molar-refractivity contribution is -0.383. The summed E-state index contributed by atoms with van der Waals surface area (Å²) in [6, 6.07) is 9.58. The molecule has 0 fully saturated rings. The standard InChI is InChI=1S/C19H22N4O4S/c1-12(2)17(19(25)21-14-8-4-5-9-15(14)23(26)27)28-11-16(24)22-18-13(3)7-6-10-20-18/h4-10,12,17H,11H2,1-3H3,(H,21,25)(H,20,22,24). The van der Waals surface area contributed by atoms with E-state index in [0.717, 1.165) is 5.56 Å². The molecule has 0 radical (unpaired) electrons. The molecule has 1 aromatic carbocycles. The van der Waals surface area contributed by atoms with Gasteiger partial charge in [0.15, 0.2) is 0 Å². The Morgan fingerprint density at radius 3 is 2.54 bits per heavy atom. The summed E-state index contributed by atoms with van der Waals surface area (Å²) in [7, 11) is 0. The summed E-state index contributed by atoms with van der Waals surface area (Å²) in [5.74, 6) is -0.175. The molecule has 2 rings (SSSR count). The monoisotopic (exact) mass is 402 g/mol. The van der Waals surface area contributed by atoms with Gasteiger partial charge in [0.1, 0.15) is 11.5 Å². The number of thioether (sulfide) groups is 1. The van der Waals surface area contributed by atoms with Crippen molar-refractivity contribution < 1.29 is 14.5 Å². The third-order valence-electron chi connectivity index (χ3n) is 3.88. The van der Waals surface area contributed by atoms with Crippen LogP contribution in [0.1, 0.15) is 19.4 Å². The third-order valence-corrected chi connectivity index (χ3v) is 5.43. The molecule has 28 heavy (non-hydrogen) atoms. The van der Waals surface area contributed by atoms with Crippen LogP contribution in [0.15, 0.2) is 42.6 Å². The first-order valence-corrected chi connectivity index (χ1v) is 9.71. The van der Waals surface area contributed by atoms with Crippen LogP contribution < -0.4 is 10.6 Å². The number of benzene rings is 1. The van der Waals surface area contributed by atoms with Crippen LogP contribution >= 0.6 is 11.8 Å². The summed E-state index contributed by atoms with van der Waals surface area (Å²) in [5, 5.41) is 15.9. The van der Waals surface area contributed by atoms with E-state index in [-0.39, 0.29) is 34.9 Å². The Kier molecular flexibility index (Phi) is 7.51. The van der Waals surface area contributed by atoms with E-state index in [2.05, 4.69) is 15.6 Å². The van der Waals surface area contributed by atoms with Crippen LogP contribution in [0.3, 0.4) is 0 Å². The molecule has 0 bridgehead atoms.